The minimum absolute atomic E-state index is 0.107. The van der Waals surface area contributed by atoms with E-state index in [-0.39, 0.29) is 12.1 Å². The third kappa shape index (κ3) is 2.45. The maximum Gasteiger partial charge on any atom is 0.416 e. The Morgan fingerprint density at radius 2 is 1.92 bits per heavy atom. The Morgan fingerprint density at radius 1 is 1.31 bits per heavy atom. The number of alkyl halides is 3. The molecule has 1 aromatic carbocycles. The molecule has 0 aliphatic carbocycles. The molecule has 0 atom stereocenters. The summed E-state index contributed by atoms with van der Waals surface area (Å²) < 4.78 is 37.4. The highest BCUT2D eigenvalue weighted by Gasteiger charge is 2.32. The van der Waals surface area contributed by atoms with Crippen molar-refractivity contribution in [1.82, 2.24) is 0 Å². The Labute approximate surface area is 81.9 Å². The molecule has 5 heteroatoms. The van der Waals surface area contributed by atoms with E-state index in [1.54, 1.807) is 0 Å². The van der Waals surface area contributed by atoms with Gasteiger partial charge in [0.25, 0.3) is 0 Å². The second-order valence-corrected chi connectivity index (χ2v) is 3.42. The van der Waals surface area contributed by atoms with Gasteiger partial charge in [-0.05, 0) is 17.7 Å². The van der Waals surface area contributed by atoms with Crippen molar-refractivity contribution in [2.24, 2.45) is 5.73 Å². The van der Waals surface area contributed by atoms with E-state index in [9.17, 15) is 13.2 Å². The number of hydrogen-bond donors (Lipinski definition) is 1. The fraction of sp³-hybridized carbons (Fsp3) is 0.250. The summed E-state index contributed by atoms with van der Waals surface area (Å²) >= 11 is 2.98. The van der Waals surface area contributed by atoms with Crippen molar-refractivity contribution in [1.29, 1.82) is 0 Å². The molecule has 0 fully saturated rings. The molecule has 0 bridgehead atoms. The van der Waals surface area contributed by atoms with E-state index in [0.29, 0.717) is 4.47 Å². The maximum atomic E-state index is 12.3. The van der Waals surface area contributed by atoms with Crippen LogP contribution in [0.15, 0.2) is 22.7 Å². The fourth-order valence-electron chi connectivity index (χ4n) is 0.991. The van der Waals surface area contributed by atoms with Gasteiger partial charge >= 0.3 is 6.18 Å². The lowest BCUT2D eigenvalue weighted by atomic mass is 10.1. The molecular formula is C8H7BrF3N. The fourth-order valence-corrected chi connectivity index (χ4v) is 1.35. The number of halogens is 4. The summed E-state index contributed by atoms with van der Waals surface area (Å²) in [6.07, 6.45) is -4.33. The van der Waals surface area contributed by atoms with E-state index in [2.05, 4.69) is 15.9 Å². The zero-order valence-electron chi connectivity index (χ0n) is 6.53. The molecule has 0 heterocycles. The van der Waals surface area contributed by atoms with Crippen LogP contribution in [0.3, 0.4) is 0 Å². The molecule has 1 nitrogen and oxygen atoms in total. The smallest absolute Gasteiger partial charge is 0.326 e. The highest BCUT2D eigenvalue weighted by atomic mass is 79.9. The van der Waals surface area contributed by atoms with Crippen molar-refractivity contribution in [3.8, 4) is 0 Å². The molecule has 1 rings (SSSR count). The number of nitrogens with two attached hydrogens (primary N) is 1. The van der Waals surface area contributed by atoms with Crippen molar-refractivity contribution in [3.63, 3.8) is 0 Å². The number of rotatable bonds is 1. The van der Waals surface area contributed by atoms with Crippen molar-refractivity contribution >= 4 is 15.9 Å². The Bertz CT molecular complexity index is 309. The summed E-state index contributed by atoms with van der Waals surface area (Å²) in [5.41, 5.74) is 4.61. The molecule has 0 unspecified atom stereocenters. The SMILES string of the molecule is NCc1ccc(Br)cc1C(F)(F)F. The van der Waals surface area contributed by atoms with Gasteiger partial charge in [-0.15, -0.1) is 0 Å². The van der Waals surface area contributed by atoms with Crippen molar-refractivity contribution in [3.05, 3.63) is 33.8 Å². The van der Waals surface area contributed by atoms with Gasteiger partial charge in [0.15, 0.2) is 0 Å². The van der Waals surface area contributed by atoms with Crippen LogP contribution >= 0.6 is 15.9 Å². The van der Waals surface area contributed by atoms with E-state index < -0.39 is 11.7 Å². The molecule has 0 aliphatic heterocycles. The van der Waals surface area contributed by atoms with Gasteiger partial charge in [-0.3, -0.25) is 0 Å². The van der Waals surface area contributed by atoms with Crippen LogP contribution in [0.4, 0.5) is 13.2 Å². The highest BCUT2D eigenvalue weighted by molar-refractivity contribution is 9.10. The Kier molecular flexibility index (Phi) is 2.98. The monoisotopic (exact) mass is 253 g/mol. The zero-order chi connectivity index (χ0) is 10.1. The standard InChI is InChI=1S/C8H7BrF3N/c9-6-2-1-5(4-13)7(3-6)8(10,11)12/h1-3H,4,13H2. The predicted molar refractivity (Wildman–Crippen MR) is 47.0 cm³/mol. The lowest BCUT2D eigenvalue weighted by Gasteiger charge is -2.11. The maximum absolute atomic E-state index is 12.3. The molecular weight excluding hydrogens is 247 g/mol. The Balaban J connectivity index is 3.24. The summed E-state index contributed by atoms with van der Waals surface area (Å²) in [5, 5.41) is 0. The van der Waals surface area contributed by atoms with E-state index in [1.807, 2.05) is 0 Å². The summed E-state index contributed by atoms with van der Waals surface area (Å²) in [6, 6.07) is 3.94. The topological polar surface area (TPSA) is 26.0 Å². The minimum Gasteiger partial charge on any atom is -0.326 e. The summed E-state index contributed by atoms with van der Waals surface area (Å²) in [6.45, 7) is -0.109. The molecule has 0 spiro atoms. The van der Waals surface area contributed by atoms with Crippen molar-refractivity contribution in [2.45, 2.75) is 12.7 Å². The van der Waals surface area contributed by atoms with Crippen LogP contribution in [-0.4, -0.2) is 0 Å². The molecule has 0 radical (unpaired) electrons. The van der Waals surface area contributed by atoms with Crippen LogP contribution in [0.25, 0.3) is 0 Å². The van der Waals surface area contributed by atoms with Crippen LogP contribution in [0.2, 0.25) is 0 Å². The summed E-state index contributed by atoms with van der Waals surface area (Å²) in [5.74, 6) is 0. The second-order valence-electron chi connectivity index (χ2n) is 2.50. The van der Waals surface area contributed by atoms with Gasteiger partial charge in [-0.2, -0.15) is 13.2 Å². The average molecular weight is 254 g/mol. The van der Waals surface area contributed by atoms with E-state index >= 15 is 0 Å². The van der Waals surface area contributed by atoms with Crippen LogP contribution < -0.4 is 5.73 Å². The van der Waals surface area contributed by atoms with Gasteiger partial charge in [0.05, 0.1) is 5.56 Å². The predicted octanol–water partition coefficient (Wildman–Crippen LogP) is 2.93. The van der Waals surface area contributed by atoms with E-state index in [1.165, 1.54) is 12.1 Å². The first kappa shape index (κ1) is 10.5. The lowest BCUT2D eigenvalue weighted by molar-refractivity contribution is -0.138. The molecule has 0 amide bonds. The molecule has 0 saturated carbocycles. The number of hydrogen-bond acceptors (Lipinski definition) is 1. The quantitative estimate of drug-likeness (QED) is 0.819. The molecule has 72 valence electrons. The normalized spacial score (nSPS) is 11.8. The zero-order valence-corrected chi connectivity index (χ0v) is 8.11. The van der Waals surface area contributed by atoms with Gasteiger partial charge in [0, 0.05) is 11.0 Å². The third-order valence-corrected chi connectivity index (χ3v) is 2.09. The second kappa shape index (κ2) is 3.67. The van der Waals surface area contributed by atoms with Gasteiger partial charge in [-0.25, -0.2) is 0 Å². The Hall–Kier alpha value is -0.550. The minimum atomic E-state index is -4.33. The van der Waals surface area contributed by atoms with Gasteiger partial charge in [-0.1, -0.05) is 22.0 Å². The molecule has 13 heavy (non-hydrogen) atoms. The van der Waals surface area contributed by atoms with E-state index in [0.717, 1.165) is 6.07 Å². The lowest BCUT2D eigenvalue weighted by Crippen LogP contribution is -2.11. The van der Waals surface area contributed by atoms with Crippen molar-refractivity contribution in [2.75, 3.05) is 0 Å². The van der Waals surface area contributed by atoms with Gasteiger partial charge < -0.3 is 5.73 Å². The molecule has 0 aliphatic rings. The molecule has 0 saturated heterocycles. The molecule has 2 N–H and O–H groups in total. The first-order valence-corrected chi connectivity index (χ1v) is 4.30. The van der Waals surface area contributed by atoms with Crippen LogP contribution in [0.1, 0.15) is 11.1 Å². The van der Waals surface area contributed by atoms with Gasteiger partial charge in [0.2, 0.25) is 0 Å². The summed E-state index contributed by atoms with van der Waals surface area (Å²) in [7, 11) is 0. The first-order chi connectivity index (χ1) is 5.95. The molecule has 0 aromatic heterocycles. The van der Waals surface area contributed by atoms with Gasteiger partial charge in [0.1, 0.15) is 0 Å². The van der Waals surface area contributed by atoms with Crippen LogP contribution in [0.5, 0.6) is 0 Å². The largest absolute Gasteiger partial charge is 0.416 e. The Morgan fingerprint density at radius 3 is 2.38 bits per heavy atom. The third-order valence-electron chi connectivity index (χ3n) is 1.60. The summed E-state index contributed by atoms with van der Waals surface area (Å²) in [4.78, 5) is 0. The highest BCUT2D eigenvalue weighted by Crippen LogP contribution is 2.33. The van der Waals surface area contributed by atoms with Crippen LogP contribution in [0, 0.1) is 0 Å². The van der Waals surface area contributed by atoms with Crippen molar-refractivity contribution < 1.29 is 13.2 Å². The first-order valence-electron chi connectivity index (χ1n) is 3.51. The van der Waals surface area contributed by atoms with Crippen LogP contribution in [-0.2, 0) is 12.7 Å². The number of benzene rings is 1. The average Bonchev–Trinajstić information content (AvgIpc) is 2.03. The molecule has 1 aromatic rings. The van der Waals surface area contributed by atoms with E-state index in [4.69, 9.17) is 5.73 Å².